The van der Waals surface area contributed by atoms with Gasteiger partial charge in [-0.25, -0.2) is 8.42 Å². The van der Waals surface area contributed by atoms with Crippen LogP contribution in [0.1, 0.15) is 18.4 Å². The Labute approximate surface area is 174 Å². The molecule has 7 nitrogen and oxygen atoms in total. The standard InChI is InChI=1S/C20H22N2O5S2/c1-13-3-5-17(27-2)15(11-13)21-20(24)8-10-29(25,26)14-4-6-18-16(12-14)22-19(23)7-9-28-18/h3-6,11-12H,7-10H2,1-2H3,(H,21,24)(H,22,23). The first-order valence-electron chi connectivity index (χ1n) is 9.02. The molecule has 0 unspecified atom stereocenters. The van der Waals surface area contributed by atoms with Crippen molar-refractivity contribution >= 4 is 44.8 Å². The van der Waals surface area contributed by atoms with E-state index in [4.69, 9.17) is 4.74 Å². The molecular formula is C20H22N2O5S2. The maximum absolute atomic E-state index is 12.7. The number of benzene rings is 2. The van der Waals surface area contributed by atoms with Crippen molar-refractivity contribution in [1.82, 2.24) is 0 Å². The summed E-state index contributed by atoms with van der Waals surface area (Å²) in [7, 11) is -2.19. The number of nitrogens with one attached hydrogen (secondary N) is 2. The lowest BCUT2D eigenvalue weighted by molar-refractivity contribution is -0.116. The average Bonchev–Trinajstić information content (AvgIpc) is 2.86. The summed E-state index contributed by atoms with van der Waals surface area (Å²) in [5, 5.41) is 5.43. The Morgan fingerprint density at radius 2 is 2.03 bits per heavy atom. The van der Waals surface area contributed by atoms with Crippen LogP contribution < -0.4 is 15.4 Å². The molecule has 0 radical (unpaired) electrons. The van der Waals surface area contributed by atoms with E-state index in [0.717, 1.165) is 10.5 Å². The first kappa shape index (κ1) is 21.2. The van der Waals surface area contributed by atoms with Gasteiger partial charge < -0.3 is 15.4 Å². The van der Waals surface area contributed by atoms with Crippen molar-refractivity contribution in [3.05, 3.63) is 42.0 Å². The number of aryl methyl sites for hydroxylation is 1. The van der Waals surface area contributed by atoms with Crippen molar-refractivity contribution in [2.75, 3.05) is 29.2 Å². The fourth-order valence-corrected chi connectivity index (χ4v) is 5.07. The third kappa shape index (κ3) is 5.30. The van der Waals surface area contributed by atoms with Gasteiger partial charge >= 0.3 is 0 Å². The van der Waals surface area contributed by atoms with Gasteiger partial charge in [-0.2, -0.15) is 0 Å². The largest absolute Gasteiger partial charge is 0.495 e. The first-order valence-corrected chi connectivity index (χ1v) is 11.7. The van der Waals surface area contributed by atoms with Gasteiger partial charge in [-0.05, 0) is 42.8 Å². The molecule has 154 valence electrons. The van der Waals surface area contributed by atoms with Gasteiger partial charge in [-0.15, -0.1) is 11.8 Å². The van der Waals surface area contributed by atoms with Crippen LogP contribution >= 0.6 is 11.8 Å². The van der Waals surface area contributed by atoms with Crippen LogP contribution in [0.5, 0.6) is 5.75 Å². The summed E-state index contributed by atoms with van der Waals surface area (Å²) < 4.78 is 30.6. The molecule has 29 heavy (non-hydrogen) atoms. The van der Waals surface area contributed by atoms with Crippen molar-refractivity contribution in [2.45, 2.75) is 29.6 Å². The predicted molar refractivity (Wildman–Crippen MR) is 113 cm³/mol. The minimum absolute atomic E-state index is 0.0833. The van der Waals surface area contributed by atoms with E-state index in [9.17, 15) is 18.0 Å². The van der Waals surface area contributed by atoms with E-state index < -0.39 is 15.7 Å². The minimum atomic E-state index is -3.69. The Balaban J connectivity index is 1.69. The summed E-state index contributed by atoms with van der Waals surface area (Å²) in [6, 6.07) is 10.0. The number of fused-ring (bicyclic) bond motifs is 1. The number of thioether (sulfide) groups is 1. The third-order valence-corrected chi connectivity index (χ3v) is 7.19. The zero-order valence-corrected chi connectivity index (χ0v) is 17.8. The van der Waals surface area contributed by atoms with Crippen molar-refractivity contribution < 1.29 is 22.7 Å². The zero-order chi connectivity index (χ0) is 21.0. The number of ether oxygens (including phenoxy) is 1. The molecule has 1 heterocycles. The Hall–Kier alpha value is -2.52. The predicted octanol–water partition coefficient (Wildman–Crippen LogP) is 3.24. The van der Waals surface area contributed by atoms with Crippen LogP contribution in [-0.4, -0.2) is 38.8 Å². The number of methoxy groups -OCH3 is 1. The Morgan fingerprint density at radius 3 is 2.79 bits per heavy atom. The summed E-state index contributed by atoms with van der Waals surface area (Å²) in [6.07, 6.45) is 0.182. The lowest BCUT2D eigenvalue weighted by Gasteiger charge is -2.12. The van der Waals surface area contributed by atoms with Crippen molar-refractivity contribution in [3.63, 3.8) is 0 Å². The van der Waals surface area contributed by atoms with Gasteiger partial charge in [0, 0.05) is 23.5 Å². The summed E-state index contributed by atoms with van der Waals surface area (Å²) in [6.45, 7) is 1.88. The maximum atomic E-state index is 12.7. The number of hydrogen-bond donors (Lipinski definition) is 2. The van der Waals surface area contributed by atoms with Crippen LogP contribution in [0.15, 0.2) is 46.2 Å². The molecule has 1 aliphatic rings. The van der Waals surface area contributed by atoms with E-state index in [1.807, 2.05) is 13.0 Å². The van der Waals surface area contributed by atoms with E-state index in [2.05, 4.69) is 10.6 Å². The molecule has 0 aromatic heterocycles. The van der Waals surface area contributed by atoms with E-state index in [0.29, 0.717) is 29.3 Å². The molecule has 0 saturated carbocycles. The van der Waals surface area contributed by atoms with E-state index >= 15 is 0 Å². The quantitative estimate of drug-likeness (QED) is 0.724. The van der Waals surface area contributed by atoms with Crippen LogP contribution in [-0.2, 0) is 19.4 Å². The summed E-state index contributed by atoms with van der Waals surface area (Å²) in [5.41, 5.74) is 1.94. The van der Waals surface area contributed by atoms with Crippen LogP contribution in [0.4, 0.5) is 11.4 Å². The molecule has 0 aliphatic carbocycles. The Kier molecular flexibility index (Phi) is 6.49. The van der Waals surface area contributed by atoms with Crippen molar-refractivity contribution in [1.29, 1.82) is 0 Å². The Morgan fingerprint density at radius 1 is 1.24 bits per heavy atom. The molecule has 0 bridgehead atoms. The van der Waals surface area contributed by atoms with Gasteiger partial charge in [0.1, 0.15) is 5.75 Å². The SMILES string of the molecule is COc1ccc(C)cc1NC(=O)CCS(=O)(=O)c1ccc2c(c1)NC(=O)CCS2. The number of rotatable bonds is 6. The smallest absolute Gasteiger partial charge is 0.225 e. The summed E-state index contributed by atoms with van der Waals surface area (Å²) >= 11 is 1.50. The lowest BCUT2D eigenvalue weighted by Crippen LogP contribution is -2.18. The number of amides is 2. The second-order valence-corrected chi connectivity index (χ2v) is 9.87. The summed E-state index contributed by atoms with van der Waals surface area (Å²) in [4.78, 5) is 24.9. The second-order valence-electron chi connectivity index (χ2n) is 6.63. The first-order chi connectivity index (χ1) is 13.8. The van der Waals surface area contributed by atoms with Crippen molar-refractivity contribution in [2.24, 2.45) is 0 Å². The maximum Gasteiger partial charge on any atom is 0.225 e. The molecule has 2 aromatic rings. The fraction of sp³-hybridized carbons (Fsp3) is 0.300. The molecule has 0 fully saturated rings. The third-order valence-electron chi connectivity index (χ3n) is 4.40. The van der Waals surface area contributed by atoms with Crippen LogP contribution in [0, 0.1) is 6.92 Å². The monoisotopic (exact) mass is 434 g/mol. The highest BCUT2D eigenvalue weighted by molar-refractivity contribution is 7.99. The number of anilines is 2. The van der Waals surface area contributed by atoms with Gasteiger partial charge in [0.05, 0.1) is 29.1 Å². The minimum Gasteiger partial charge on any atom is -0.495 e. The average molecular weight is 435 g/mol. The van der Waals surface area contributed by atoms with E-state index in [1.54, 1.807) is 18.2 Å². The van der Waals surface area contributed by atoms with Crippen molar-refractivity contribution in [3.8, 4) is 5.75 Å². The molecular weight excluding hydrogens is 412 g/mol. The molecule has 0 spiro atoms. The highest BCUT2D eigenvalue weighted by Crippen LogP contribution is 2.33. The molecule has 3 rings (SSSR count). The second kappa shape index (κ2) is 8.87. The van der Waals surface area contributed by atoms with Crippen LogP contribution in [0.25, 0.3) is 0 Å². The van der Waals surface area contributed by atoms with E-state index in [-0.39, 0.29) is 23.0 Å². The van der Waals surface area contributed by atoms with Gasteiger partial charge in [-0.3, -0.25) is 9.59 Å². The highest BCUT2D eigenvalue weighted by atomic mass is 32.2. The number of hydrogen-bond acceptors (Lipinski definition) is 6. The van der Waals surface area contributed by atoms with Crippen LogP contribution in [0.3, 0.4) is 0 Å². The molecule has 1 aliphatic heterocycles. The lowest BCUT2D eigenvalue weighted by atomic mass is 10.2. The zero-order valence-electron chi connectivity index (χ0n) is 16.2. The Bertz CT molecular complexity index is 1050. The molecule has 2 amide bonds. The molecule has 0 atom stereocenters. The molecule has 2 N–H and O–H groups in total. The van der Waals surface area contributed by atoms with Gasteiger partial charge in [-0.1, -0.05) is 6.07 Å². The summed E-state index contributed by atoms with van der Waals surface area (Å²) in [5.74, 6) is 0.250. The number of carbonyl (C=O) groups is 2. The molecule has 2 aromatic carbocycles. The number of carbonyl (C=O) groups excluding carboxylic acids is 2. The molecule has 9 heteroatoms. The number of sulfone groups is 1. The van der Waals surface area contributed by atoms with Gasteiger partial charge in [0.15, 0.2) is 9.84 Å². The van der Waals surface area contributed by atoms with Gasteiger partial charge in [0.25, 0.3) is 0 Å². The van der Waals surface area contributed by atoms with Crippen LogP contribution in [0.2, 0.25) is 0 Å². The fourth-order valence-electron chi connectivity index (χ4n) is 2.87. The normalized spacial score (nSPS) is 13.8. The van der Waals surface area contributed by atoms with Gasteiger partial charge in [0.2, 0.25) is 11.8 Å². The topological polar surface area (TPSA) is 102 Å². The highest BCUT2D eigenvalue weighted by Gasteiger charge is 2.21. The van der Waals surface area contributed by atoms with E-state index in [1.165, 1.54) is 31.0 Å². The molecule has 0 saturated heterocycles.